The molecule has 2 N–H and O–H groups in total. The van der Waals surface area contributed by atoms with Crippen LogP contribution in [-0.4, -0.2) is 22.6 Å². The van der Waals surface area contributed by atoms with Crippen molar-refractivity contribution < 1.29 is 0 Å². The first-order valence-corrected chi connectivity index (χ1v) is 4.65. The molecule has 4 heteroatoms. The van der Waals surface area contributed by atoms with Crippen molar-refractivity contribution in [3.8, 4) is 0 Å². The summed E-state index contributed by atoms with van der Waals surface area (Å²) < 4.78 is 0. The first kappa shape index (κ1) is 8.29. The van der Waals surface area contributed by atoms with Gasteiger partial charge in [-0.2, -0.15) is 0 Å². The number of aromatic nitrogens is 2. The maximum absolute atomic E-state index is 5.52. The third-order valence-electron chi connectivity index (χ3n) is 2.24. The molecule has 1 heterocycles. The Balaban J connectivity index is 2.17. The zero-order valence-electron chi connectivity index (χ0n) is 7.77. The molecule has 0 saturated heterocycles. The predicted octanol–water partition coefficient (Wildman–Crippen LogP) is 1.05. The second kappa shape index (κ2) is 3.20. The lowest BCUT2D eigenvalue weighted by atomic mass is 10.5. The first-order chi connectivity index (χ1) is 6.31. The minimum atomic E-state index is 0.621. The maximum atomic E-state index is 5.52. The number of hydrogen-bond acceptors (Lipinski definition) is 4. The number of rotatable bonds is 3. The molecule has 1 saturated carbocycles. The molecule has 1 aromatic heterocycles. The van der Waals surface area contributed by atoms with Crippen molar-refractivity contribution in [2.75, 3.05) is 17.2 Å². The predicted molar refractivity (Wildman–Crippen MR) is 52.5 cm³/mol. The molecule has 0 spiro atoms. The van der Waals surface area contributed by atoms with Crippen LogP contribution in [0.2, 0.25) is 0 Å². The van der Waals surface area contributed by atoms with Gasteiger partial charge < -0.3 is 10.6 Å². The van der Waals surface area contributed by atoms with E-state index in [1.165, 1.54) is 12.8 Å². The van der Waals surface area contributed by atoms with E-state index in [1.807, 2.05) is 0 Å². The monoisotopic (exact) mass is 178 g/mol. The van der Waals surface area contributed by atoms with E-state index in [2.05, 4.69) is 21.8 Å². The summed E-state index contributed by atoms with van der Waals surface area (Å²) in [6.07, 6.45) is 5.85. The van der Waals surface area contributed by atoms with Crippen LogP contribution < -0.4 is 10.6 Å². The highest BCUT2D eigenvalue weighted by atomic mass is 15.3. The molecule has 2 rings (SSSR count). The van der Waals surface area contributed by atoms with Crippen LogP contribution in [0, 0.1) is 0 Å². The van der Waals surface area contributed by atoms with Gasteiger partial charge in [0.05, 0.1) is 18.1 Å². The zero-order valence-corrected chi connectivity index (χ0v) is 7.77. The number of anilines is 2. The summed E-state index contributed by atoms with van der Waals surface area (Å²) in [6, 6.07) is 0.661. The largest absolute Gasteiger partial charge is 0.396 e. The minimum absolute atomic E-state index is 0.621. The smallest absolute Gasteiger partial charge is 0.225 e. The van der Waals surface area contributed by atoms with Crippen LogP contribution in [0.25, 0.3) is 0 Å². The number of hydrogen-bond donors (Lipinski definition) is 1. The van der Waals surface area contributed by atoms with Crippen LogP contribution in [0.3, 0.4) is 0 Å². The minimum Gasteiger partial charge on any atom is -0.396 e. The third kappa shape index (κ3) is 1.71. The van der Waals surface area contributed by atoms with E-state index in [4.69, 9.17) is 5.73 Å². The molecule has 0 bridgehead atoms. The van der Waals surface area contributed by atoms with Gasteiger partial charge in [-0.3, -0.25) is 0 Å². The van der Waals surface area contributed by atoms with Gasteiger partial charge in [0.15, 0.2) is 0 Å². The molecule has 1 aliphatic rings. The molecule has 0 aromatic carbocycles. The fourth-order valence-electron chi connectivity index (χ4n) is 1.43. The fourth-order valence-corrected chi connectivity index (χ4v) is 1.43. The highest BCUT2D eigenvalue weighted by Crippen LogP contribution is 2.29. The van der Waals surface area contributed by atoms with Gasteiger partial charge in [-0.05, 0) is 19.8 Å². The highest BCUT2D eigenvalue weighted by molar-refractivity contribution is 5.39. The van der Waals surface area contributed by atoms with E-state index in [-0.39, 0.29) is 0 Å². The molecular weight excluding hydrogens is 164 g/mol. The van der Waals surface area contributed by atoms with Gasteiger partial charge in [-0.25, -0.2) is 9.97 Å². The fraction of sp³-hybridized carbons (Fsp3) is 0.556. The van der Waals surface area contributed by atoms with E-state index in [0.29, 0.717) is 11.7 Å². The van der Waals surface area contributed by atoms with Gasteiger partial charge >= 0.3 is 0 Å². The normalized spacial score (nSPS) is 15.8. The van der Waals surface area contributed by atoms with Crippen molar-refractivity contribution in [3.63, 3.8) is 0 Å². The summed E-state index contributed by atoms with van der Waals surface area (Å²) in [7, 11) is 0. The Labute approximate surface area is 77.8 Å². The standard InChI is InChI=1S/C9H14N4/c1-2-13(8-3-4-8)9-11-5-7(10)6-12-9/h5-6,8H,2-4,10H2,1H3. The number of nitrogens with zero attached hydrogens (tertiary/aromatic N) is 3. The average molecular weight is 178 g/mol. The van der Waals surface area contributed by atoms with Crippen LogP contribution >= 0.6 is 0 Å². The van der Waals surface area contributed by atoms with Crippen molar-refractivity contribution in [1.29, 1.82) is 0 Å². The van der Waals surface area contributed by atoms with Crippen molar-refractivity contribution in [3.05, 3.63) is 12.4 Å². The molecule has 70 valence electrons. The summed E-state index contributed by atoms with van der Waals surface area (Å²) in [5.41, 5.74) is 6.14. The van der Waals surface area contributed by atoms with Gasteiger partial charge in [0.25, 0.3) is 0 Å². The van der Waals surface area contributed by atoms with E-state index in [0.717, 1.165) is 12.5 Å². The Morgan fingerprint density at radius 3 is 2.54 bits per heavy atom. The lowest BCUT2D eigenvalue weighted by Crippen LogP contribution is -2.26. The summed E-state index contributed by atoms with van der Waals surface area (Å²) >= 11 is 0. The average Bonchev–Trinajstić information content (AvgIpc) is 2.93. The summed E-state index contributed by atoms with van der Waals surface area (Å²) in [6.45, 7) is 3.09. The van der Waals surface area contributed by atoms with Crippen LogP contribution in [0.15, 0.2) is 12.4 Å². The molecule has 0 atom stereocenters. The topological polar surface area (TPSA) is 55.0 Å². The Morgan fingerprint density at radius 2 is 2.08 bits per heavy atom. The van der Waals surface area contributed by atoms with E-state index in [1.54, 1.807) is 12.4 Å². The van der Waals surface area contributed by atoms with Crippen LogP contribution in [0.5, 0.6) is 0 Å². The summed E-state index contributed by atoms with van der Waals surface area (Å²) in [5.74, 6) is 0.805. The van der Waals surface area contributed by atoms with Gasteiger partial charge in [0, 0.05) is 12.6 Å². The Bertz CT molecular complexity index is 278. The molecule has 1 aliphatic carbocycles. The number of nitrogen functional groups attached to an aromatic ring is 1. The maximum Gasteiger partial charge on any atom is 0.225 e. The molecule has 1 fully saturated rings. The Morgan fingerprint density at radius 1 is 1.46 bits per heavy atom. The van der Waals surface area contributed by atoms with Gasteiger partial charge in [-0.1, -0.05) is 0 Å². The van der Waals surface area contributed by atoms with Crippen LogP contribution in [0.1, 0.15) is 19.8 Å². The van der Waals surface area contributed by atoms with Crippen LogP contribution in [0.4, 0.5) is 11.6 Å². The van der Waals surface area contributed by atoms with E-state index >= 15 is 0 Å². The number of nitrogens with two attached hydrogens (primary N) is 1. The van der Waals surface area contributed by atoms with Crippen molar-refractivity contribution in [2.45, 2.75) is 25.8 Å². The third-order valence-corrected chi connectivity index (χ3v) is 2.24. The Kier molecular flexibility index (Phi) is 2.04. The quantitative estimate of drug-likeness (QED) is 0.751. The molecule has 1 aromatic rings. The molecule has 13 heavy (non-hydrogen) atoms. The van der Waals surface area contributed by atoms with E-state index in [9.17, 15) is 0 Å². The van der Waals surface area contributed by atoms with Crippen molar-refractivity contribution in [1.82, 2.24) is 9.97 Å². The lowest BCUT2D eigenvalue weighted by molar-refractivity contribution is 0.787. The van der Waals surface area contributed by atoms with Gasteiger partial charge in [-0.15, -0.1) is 0 Å². The Hall–Kier alpha value is -1.32. The van der Waals surface area contributed by atoms with Crippen molar-refractivity contribution in [2.24, 2.45) is 0 Å². The molecule has 0 aliphatic heterocycles. The van der Waals surface area contributed by atoms with Crippen LogP contribution in [-0.2, 0) is 0 Å². The summed E-state index contributed by atoms with van der Waals surface area (Å²) in [5, 5.41) is 0. The zero-order chi connectivity index (χ0) is 9.26. The molecule has 0 amide bonds. The SMILES string of the molecule is CCN(c1ncc(N)cn1)C1CC1. The van der Waals surface area contributed by atoms with Gasteiger partial charge in [0.2, 0.25) is 5.95 Å². The second-order valence-corrected chi connectivity index (χ2v) is 3.33. The lowest BCUT2D eigenvalue weighted by Gasteiger charge is -2.19. The molecule has 0 radical (unpaired) electrons. The van der Waals surface area contributed by atoms with Crippen molar-refractivity contribution >= 4 is 11.6 Å². The van der Waals surface area contributed by atoms with E-state index < -0.39 is 0 Å². The summed E-state index contributed by atoms with van der Waals surface area (Å²) in [4.78, 5) is 10.6. The first-order valence-electron chi connectivity index (χ1n) is 4.65. The molecule has 0 unspecified atom stereocenters. The molecule has 4 nitrogen and oxygen atoms in total. The highest BCUT2D eigenvalue weighted by Gasteiger charge is 2.29. The second-order valence-electron chi connectivity index (χ2n) is 3.33. The van der Waals surface area contributed by atoms with Gasteiger partial charge in [0.1, 0.15) is 0 Å². The molecular formula is C9H14N4.